The van der Waals surface area contributed by atoms with E-state index in [-0.39, 0.29) is 6.04 Å². The van der Waals surface area contributed by atoms with Gasteiger partial charge in [0.1, 0.15) is 0 Å². The first-order valence-electron chi connectivity index (χ1n) is 9.18. The van der Waals surface area contributed by atoms with Gasteiger partial charge in [-0.25, -0.2) is 4.79 Å². The normalized spacial score (nSPS) is 20.5. The molecule has 26 heavy (non-hydrogen) atoms. The molecule has 2 aromatic carbocycles. The van der Waals surface area contributed by atoms with Crippen LogP contribution in [-0.4, -0.2) is 41.3 Å². The molecule has 0 spiro atoms. The molecule has 1 aliphatic rings. The van der Waals surface area contributed by atoms with E-state index in [1.807, 2.05) is 18.2 Å². The highest BCUT2D eigenvalue weighted by atomic mass is 16.4. The Kier molecular flexibility index (Phi) is 6.12. The van der Waals surface area contributed by atoms with Gasteiger partial charge in [-0.15, -0.1) is 0 Å². The Balaban J connectivity index is 1.65. The van der Waals surface area contributed by atoms with Crippen molar-refractivity contribution in [3.63, 3.8) is 0 Å². The van der Waals surface area contributed by atoms with Crippen LogP contribution in [0.15, 0.2) is 54.6 Å². The summed E-state index contributed by atoms with van der Waals surface area (Å²) in [6.07, 6.45) is 1.00. The van der Waals surface area contributed by atoms with Gasteiger partial charge in [-0.05, 0) is 43.0 Å². The molecule has 0 radical (unpaired) electrons. The fourth-order valence-corrected chi connectivity index (χ4v) is 3.64. The summed E-state index contributed by atoms with van der Waals surface area (Å²) in [5, 5.41) is 15.2. The van der Waals surface area contributed by atoms with Crippen LogP contribution in [0.2, 0.25) is 0 Å². The van der Waals surface area contributed by atoms with Gasteiger partial charge in [-0.1, -0.05) is 42.5 Å². The van der Waals surface area contributed by atoms with Crippen LogP contribution in [0.25, 0.3) is 0 Å². The van der Waals surface area contributed by atoms with Gasteiger partial charge in [0, 0.05) is 37.4 Å². The number of carboxylic acid groups (broad SMARTS) is 1. The fraction of sp³-hybridized carbons (Fsp3) is 0.381. The Hall–Kier alpha value is -2.53. The number of piperidine rings is 1. The van der Waals surface area contributed by atoms with E-state index in [2.05, 4.69) is 58.9 Å². The number of carbonyl (C=O) groups is 1. The van der Waals surface area contributed by atoms with Crippen LogP contribution < -0.4 is 10.6 Å². The summed E-state index contributed by atoms with van der Waals surface area (Å²) in [6, 6.07) is 19.3. The second-order valence-corrected chi connectivity index (χ2v) is 7.03. The molecule has 2 aromatic rings. The first-order chi connectivity index (χ1) is 12.6. The van der Waals surface area contributed by atoms with Crippen molar-refractivity contribution in [2.45, 2.75) is 38.4 Å². The lowest BCUT2D eigenvalue weighted by atomic mass is 9.95. The van der Waals surface area contributed by atoms with Crippen molar-refractivity contribution in [1.82, 2.24) is 10.2 Å². The average Bonchev–Trinajstić information content (AvgIpc) is 2.62. The third kappa shape index (κ3) is 5.23. The lowest BCUT2D eigenvalue weighted by molar-refractivity contribution is 0.126. The van der Waals surface area contributed by atoms with E-state index in [4.69, 9.17) is 5.11 Å². The molecule has 5 nitrogen and oxygen atoms in total. The van der Waals surface area contributed by atoms with Crippen molar-refractivity contribution in [1.29, 1.82) is 0 Å². The number of aryl methyl sites for hydroxylation is 1. The summed E-state index contributed by atoms with van der Waals surface area (Å²) in [7, 11) is 0. The number of rotatable bonds is 6. The number of anilines is 1. The van der Waals surface area contributed by atoms with Crippen LogP contribution in [0.1, 0.15) is 24.0 Å². The molecule has 2 unspecified atom stereocenters. The minimum absolute atomic E-state index is 0.183. The van der Waals surface area contributed by atoms with Crippen molar-refractivity contribution in [2.24, 2.45) is 0 Å². The molecule has 0 aliphatic carbocycles. The molecule has 138 valence electrons. The molecule has 1 fully saturated rings. The summed E-state index contributed by atoms with van der Waals surface area (Å²) in [6.45, 7) is 4.34. The van der Waals surface area contributed by atoms with E-state index in [1.165, 1.54) is 11.1 Å². The van der Waals surface area contributed by atoms with E-state index in [9.17, 15) is 4.79 Å². The maximum atomic E-state index is 11.0. The first-order valence-corrected chi connectivity index (χ1v) is 9.18. The van der Waals surface area contributed by atoms with E-state index < -0.39 is 6.09 Å². The van der Waals surface area contributed by atoms with Gasteiger partial charge in [0.05, 0.1) is 0 Å². The molecule has 2 atom stereocenters. The Morgan fingerprint density at radius 2 is 2.00 bits per heavy atom. The van der Waals surface area contributed by atoms with Crippen LogP contribution in [0.4, 0.5) is 10.5 Å². The highest BCUT2D eigenvalue weighted by Crippen LogP contribution is 2.23. The van der Waals surface area contributed by atoms with Crippen LogP contribution in [-0.2, 0) is 6.54 Å². The van der Waals surface area contributed by atoms with Gasteiger partial charge < -0.3 is 15.7 Å². The predicted molar refractivity (Wildman–Crippen MR) is 104 cm³/mol. The molecule has 1 heterocycles. The standard InChI is InChI=1S/C21H27N3O2/c1-16-6-5-9-18(12-16)23-19-10-11-24(15-17-7-3-2-4-8-17)20(13-19)14-22-21(25)26/h2-9,12,19-20,22-23H,10-11,13-15H2,1H3,(H,25,26). The van der Waals surface area contributed by atoms with Crippen molar-refractivity contribution in [3.05, 3.63) is 65.7 Å². The highest BCUT2D eigenvalue weighted by molar-refractivity contribution is 5.64. The van der Waals surface area contributed by atoms with E-state index in [0.29, 0.717) is 12.6 Å². The zero-order valence-electron chi connectivity index (χ0n) is 15.2. The Labute approximate surface area is 155 Å². The maximum absolute atomic E-state index is 11.0. The van der Waals surface area contributed by atoms with E-state index in [1.54, 1.807) is 0 Å². The molecule has 1 aliphatic heterocycles. The van der Waals surface area contributed by atoms with Gasteiger partial charge in [-0.2, -0.15) is 0 Å². The van der Waals surface area contributed by atoms with Crippen LogP contribution >= 0.6 is 0 Å². The Morgan fingerprint density at radius 3 is 2.73 bits per heavy atom. The van der Waals surface area contributed by atoms with Crippen molar-refractivity contribution in [2.75, 3.05) is 18.4 Å². The fourth-order valence-electron chi connectivity index (χ4n) is 3.64. The molecule has 0 bridgehead atoms. The van der Waals surface area contributed by atoms with Crippen LogP contribution in [0.5, 0.6) is 0 Å². The number of benzene rings is 2. The monoisotopic (exact) mass is 353 g/mol. The zero-order valence-corrected chi connectivity index (χ0v) is 15.2. The van der Waals surface area contributed by atoms with Gasteiger partial charge in [0.25, 0.3) is 0 Å². The lowest BCUT2D eigenvalue weighted by Gasteiger charge is -2.40. The van der Waals surface area contributed by atoms with Gasteiger partial charge in [0.15, 0.2) is 0 Å². The van der Waals surface area contributed by atoms with Crippen molar-refractivity contribution >= 4 is 11.8 Å². The number of hydrogen-bond donors (Lipinski definition) is 3. The highest BCUT2D eigenvalue weighted by Gasteiger charge is 2.28. The number of likely N-dealkylation sites (tertiary alicyclic amines) is 1. The quantitative estimate of drug-likeness (QED) is 0.741. The summed E-state index contributed by atoms with van der Waals surface area (Å²) >= 11 is 0. The Morgan fingerprint density at radius 1 is 1.19 bits per heavy atom. The maximum Gasteiger partial charge on any atom is 0.404 e. The molecule has 3 rings (SSSR count). The third-order valence-corrected chi connectivity index (χ3v) is 4.94. The minimum Gasteiger partial charge on any atom is -0.465 e. The number of nitrogens with one attached hydrogen (secondary N) is 2. The summed E-state index contributed by atoms with van der Waals surface area (Å²) < 4.78 is 0. The Bertz CT molecular complexity index is 720. The van der Waals surface area contributed by atoms with Crippen LogP contribution in [0.3, 0.4) is 0 Å². The molecule has 1 saturated heterocycles. The van der Waals surface area contributed by atoms with E-state index in [0.717, 1.165) is 31.6 Å². The smallest absolute Gasteiger partial charge is 0.404 e. The largest absolute Gasteiger partial charge is 0.465 e. The minimum atomic E-state index is -0.960. The summed E-state index contributed by atoms with van der Waals surface area (Å²) in [5.74, 6) is 0. The number of nitrogens with zero attached hydrogens (tertiary/aromatic N) is 1. The number of amides is 1. The van der Waals surface area contributed by atoms with Gasteiger partial charge in [0.2, 0.25) is 0 Å². The van der Waals surface area contributed by atoms with Gasteiger partial charge in [-0.3, -0.25) is 4.90 Å². The molecular weight excluding hydrogens is 326 g/mol. The first kappa shape index (κ1) is 18.3. The zero-order chi connectivity index (χ0) is 18.4. The second kappa shape index (κ2) is 8.72. The third-order valence-electron chi connectivity index (χ3n) is 4.94. The van der Waals surface area contributed by atoms with Crippen LogP contribution in [0, 0.1) is 6.92 Å². The summed E-state index contributed by atoms with van der Waals surface area (Å²) in [4.78, 5) is 13.4. The summed E-state index contributed by atoms with van der Waals surface area (Å²) in [5.41, 5.74) is 3.63. The van der Waals surface area contributed by atoms with Crippen molar-refractivity contribution in [3.8, 4) is 0 Å². The predicted octanol–water partition coefficient (Wildman–Crippen LogP) is 3.71. The molecule has 0 saturated carbocycles. The average molecular weight is 353 g/mol. The van der Waals surface area contributed by atoms with E-state index >= 15 is 0 Å². The SMILES string of the molecule is Cc1cccc(NC2CCN(Cc3ccccc3)C(CNC(=O)O)C2)c1. The molecule has 0 aromatic heterocycles. The van der Waals surface area contributed by atoms with Gasteiger partial charge >= 0.3 is 6.09 Å². The lowest BCUT2D eigenvalue weighted by Crippen LogP contribution is -2.50. The molecule has 3 N–H and O–H groups in total. The number of hydrogen-bond acceptors (Lipinski definition) is 3. The second-order valence-electron chi connectivity index (χ2n) is 7.03. The van der Waals surface area contributed by atoms with Crippen molar-refractivity contribution < 1.29 is 9.90 Å². The molecule has 1 amide bonds. The topological polar surface area (TPSA) is 64.6 Å². The molecular formula is C21H27N3O2. The molecule has 5 heteroatoms.